The Morgan fingerprint density at radius 3 is 3.07 bits per heavy atom. The fourth-order valence-electron chi connectivity index (χ4n) is 1.64. The van der Waals surface area contributed by atoms with Crippen LogP contribution in [0.5, 0.6) is 0 Å². The highest BCUT2D eigenvalue weighted by Crippen LogP contribution is 2.14. The van der Waals surface area contributed by atoms with Crippen molar-refractivity contribution >= 4 is 10.8 Å². The van der Waals surface area contributed by atoms with E-state index in [-0.39, 0.29) is 5.25 Å². The molecule has 0 bridgehead atoms. The molecule has 0 amide bonds. The summed E-state index contributed by atoms with van der Waals surface area (Å²) < 4.78 is 12.0. The van der Waals surface area contributed by atoms with Gasteiger partial charge in [0.05, 0.1) is 16.0 Å². The molecule has 2 atom stereocenters. The third kappa shape index (κ3) is 2.19. The number of nitrogens with one attached hydrogen (secondary N) is 1. The fraction of sp³-hybridized carbons (Fsp3) is 0.500. The predicted octanol–water partition coefficient (Wildman–Crippen LogP) is 0.941. The maximum Gasteiger partial charge on any atom is 0.127 e. The molecule has 1 aliphatic heterocycles. The van der Waals surface area contributed by atoms with Crippen LogP contribution in [0.2, 0.25) is 0 Å². The van der Waals surface area contributed by atoms with Gasteiger partial charge in [0.2, 0.25) is 0 Å². The summed E-state index contributed by atoms with van der Waals surface area (Å²) in [5.74, 6) is 0. The van der Waals surface area contributed by atoms with E-state index in [2.05, 4.69) is 10.3 Å². The van der Waals surface area contributed by atoms with Gasteiger partial charge in [-0.2, -0.15) is 0 Å². The minimum absolute atomic E-state index is 0.235. The Labute approximate surface area is 86.4 Å². The Kier molecular flexibility index (Phi) is 3.26. The van der Waals surface area contributed by atoms with Crippen molar-refractivity contribution in [2.45, 2.75) is 23.1 Å². The summed E-state index contributed by atoms with van der Waals surface area (Å²) in [6, 6.07) is 5.57. The van der Waals surface area contributed by atoms with Gasteiger partial charge in [-0.3, -0.25) is 4.21 Å². The molecular weight excluding hydrogens is 196 g/mol. The van der Waals surface area contributed by atoms with E-state index in [1.165, 1.54) is 0 Å². The summed E-state index contributed by atoms with van der Waals surface area (Å²) in [5.41, 5.74) is 0. The lowest BCUT2D eigenvalue weighted by Crippen LogP contribution is -2.36. The highest BCUT2D eigenvalue weighted by molar-refractivity contribution is 7.85. The monoisotopic (exact) mass is 210 g/mol. The second kappa shape index (κ2) is 4.66. The van der Waals surface area contributed by atoms with Gasteiger partial charge in [0.25, 0.3) is 0 Å². The molecule has 0 unspecified atom stereocenters. The number of nitrogens with zero attached hydrogens (tertiary/aromatic N) is 1. The van der Waals surface area contributed by atoms with Crippen LogP contribution in [-0.4, -0.2) is 27.5 Å². The lowest BCUT2D eigenvalue weighted by atomic mass is 10.2. The zero-order chi connectivity index (χ0) is 9.80. The molecule has 1 saturated heterocycles. The van der Waals surface area contributed by atoms with Crippen molar-refractivity contribution in [2.24, 2.45) is 0 Å². The first-order valence-corrected chi connectivity index (χ1v) is 6.11. The number of piperidine rings is 1. The molecule has 2 rings (SSSR count). The number of rotatable bonds is 2. The van der Waals surface area contributed by atoms with Crippen LogP contribution in [0.25, 0.3) is 0 Å². The minimum Gasteiger partial charge on any atom is -0.316 e. The molecule has 1 N–H and O–H groups in total. The van der Waals surface area contributed by atoms with Crippen LogP contribution in [0.3, 0.4) is 0 Å². The first-order valence-electron chi connectivity index (χ1n) is 4.90. The third-order valence-corrected chi connectivity index (χ3v) is 4.06. The van der Waals surface area contributed by atoms with Crippen LogP contribution in [-0.2, 0) is 10.8 Å². The first kappa shape index (κ1) is 9.80. The van der Waals surface area contributed by atoms with Gasteiger partial charge in [0.1, 0.15) is 5.03 Å². The van der Waals surface area contributed by atoms with Gasteiger partial charge < -0.3 is 5.32 Å². The van der Waals surface area contributed by atoms with E-state index in [4.69, 9.17) is 0 Å². The van der Waals surface area contributed by atoms with Crippen molar-refractivity contribution < 1.29 is 4.21 Å². The standard InChI is InChI=1S/C10H14N2OS/c13-14(9-4-3-6-11-8-9)10-5-1-2-7-12-10/h1-2,5,7,9,11H,3-4,6,8H2/t9-,14-/m1/s1. The van der Waals surface area contributed by atoms with Gasteiger partial charge in [-0.25, -0.2) is 4.98 Å². The Hall–Kier alpha value is -0.740. The summed E-state index contributed by atoms with van der Waals surface area (Å²) >= 11 is 0. The lowest BCUT2D eigenvalue weighted by molar-refractivity contribution is 0.519. The molecule has 0 aliphatic carbocycles. The Balaban J connectivity index is 2.07. The molecular formula is C10H14N2OS. The van der Waals surface area contributed by atoms with E-state index in [0.717, 1.165) is 25.9 Å². The quantitative estimate of drug-likeness (QED) is 0.790. The lowest BCUT2D eigenvalue weighted by Gasteiger charge is -2.21. The van der Waals surface area contributed by atoms with Crippen LogP contribution < -0.4 is 5.32 Å². The van der Waals surface area contributed by atoms with Crippen molar-refractivity contribution in [2.75, 3.05) is 13.1 Å². The molecule has 1 aromatic heterocycles. The molecule has 4 heteroatoms. The number of hydrogen-bond donors (Lipinski definition) is 1. The van der Waals surface area contributed by atoms with E-state index in [1.54, 1.807) is 6.20 Å². The summed E-state index contributed by atoms with van der Waals surface area (Å²) in [6.45, 7) is 1.90. The van der Waals surface area contributed by atoms with Gasteiger partial charge in [0, 0.05) is 12.7 Å². The van der Waals surface area contributed by atoms with Crippen LogP contribution in [0.1, 0.15) is 12.8 Å². The highest BCUT2D eigenvalue weighted by Gasteiger charge is 2.21. The van der Waals surface area contributed by atoms with Gasteiger partial charge in [-0.1, -0.05) is 6.07 Å². The number of pyridine rings is 1. The molecule has 1 aliphatic rings. The second-order valence-electron chi connectivity index (χ2n) is 3.43. The average molecular weight is 210 g/mol. The summed E-state index contributed by atoms with van der Waals surface area (Å²) in [4.78, 5) is 4.13. The second-order valence-corrected chi connectivity index (χ2v) is 5.11. The van der Waals surface area contributed by atoms with Crippen molar-refractivity contribution in [1.82, 2.24) is 10.3 Å². The summed E-state index contributed by atoms with van der Waals surface area (Å²) in [5, 5.41) is 4.21. The zero-order valence-corrected chi connectivity index (χ0v) is 8.80. The average Bonchev–Trinajstić information content (AvgIpc) is 2.30. The molecule has 76 valence electrons. The molecule has 3 nitrogen and oxygen atoms in total. The van der Waals surface area contributed by atoms with Crippen LogP contribution in [0.15, 0.2) is 29.4 Å². The van der Waals surface area contributed by atoms with Gasteiger partial charge in [-0.15, -0.1) is 0 Å². The molecule has 0 radical (unpaired) electrons. The fourth-order valence-corrected chi connectivity index (χ4v) is 3.01. The Bertz CT molecular complexity index is 309. The molecule has 1 fully saturated rings. The van der Waals surface area contributed by atoms with Gasteiger partial charge in [-0.05, 0) is 31.5 Å². The van der Waals surface area contributed by atoms with Crippen molar-refractivity contribution in [3.63, 3.8) is 0 Å². The number of hydrogen-bond acceptors (Lipinski definition) is 3. The molecule has 0 saturated carbocycles. The largest absolute Gasteiger partial charge is 0.316 e. The Morgan fingerprint density at radius 1 is 1.50 bits per heavy atom. The normalized spacial score (nSPS) is 24.4. The van der Waals surface area contributed by atoms with Crippen LogP contribution in [0, 0.1) is 0 Å². The maximum absolute atomic E-state index is 12.0. The minimum atomic E-state index is -0.943. The van der Waals surface area contributed by atoms with Gasteiger partial charge in [0.15, 0.2) is 0 Å². The summed E-state index contributed by atoms with van der Waals surface area (Å²) in [6.07, 6.45) is 3.85. The van der Waals surface area contributed by atoms with Crippen molar-refractivity contribution in [1.29, 1.82) is 0 Å². The van der Waals surface area contributed by atoms with E-state index < -0.39 is 10.8 Å². The zero-order valence-electron chi connectivity index (χ0n) is 7.98. The molecule has 2 heterocycles. The molecule has 0 aromatic carbocycles. The molecule has 14 heavy (non-hydrogen) atoms. The van der Waals surface area contributed by atoms with Crippen molar-refractivity contribution in [3.05, 3.63) is 24.4 Å². The van der Waals surface area contributed by atoms with E-state index in [0.29, 0.717) is 5.03 Å². The Morgan fingerprint density at radius 2 is 2.43 bits per heavy atom. The first-order chi connectivity index (χ1) is 6.88. The highest BCUT2D eigenvalue weighted by atomic mass is 32.2. The van der Waals surface area contributed by atoms with Crippen LogP contribution in [0.4, 0.5) is 0 Å². The van der Waals surface area contributed by atoms with Crippen molar-refractivity contribution in [3.8, 4) is 0 Å². The third-order valence-electron chi connectivity index (χ3n) is 2.40. The van der Waals surface area contributed by atoms with E-state index in [9.17, 15) is 4.21 Å². The topological polar surface area (TPSA) is 42.0 Å². The smallest absolute Gasteiger partial charge is 0.127 e. The maximum atomic E-state index is 12.0. The van der Waals surface area contributed by atoms with Gasteiger partial charge >= 0.3 is 0 Å². The van der Waals surface area contributed by atoms with Crippen LogP contribution >= 0.6 is 0 Å². The van der Waals surface area contributed by atoms with E-state index in [1.807, 2.05) is 18.2 Å². The number of aromatic nitrogens is 1. The summed E-state index contributed by atoms with van der Waals surface area (Å²) in [7, 11) is -0.943. The molecule has 1 aromatic rings. The molecule has 0 spiro atoms. The predicted molar refractivity (Wildman–Crippen MR) is 56.5 cm³/mol. The van der Waals surface area contributed by atoms with E-state index >= 15 is 0 Å². The SMILES string of the molecule is O=[S@@](c1ccccn1)[C@@H]1CCCNC1.